The molecule has 0 saturated heterocycles. The fourth-order valence-electron chi connectivity index (χ4n) is 2.52. The summed E-state index contributed by atoms with van der Waals surface area (Å²) in [6.45, 7) is 0. The third-order valence-electron chi connectivity index (χ3n) is 3.81. The van der Waals surface area contributed by atoms with Gasteiger partial charge in [0.25, 0.3) is 0 Å². The molecule has 1 amide bonds. The highest BCUT2D eigenvalue weighted by atomic mass is 19.4. The van der Waals surface area contributed by atoms with Crippen LogP contribution < -0.4 is 5.32 Å². The normalized spacial score (nSPS) is 12.1. The Morgan fingerprint density at radius 2 is 1.85 bits per heavy atom. The maximum atomic E-state index is 12.7. The first kappa shape index (κ1) is 20.0. The number of carboxylic acid groups (broad SMARTS) is 1. The zero-order chi connectivity index (χ0) is 20.0. The molecule has 0 heterocycles. The van der Waals surface area contributed by atoms with Gasteiger partial charge in [0.15, 0.2) is 0 Å². The van der Waals surface area contributed by atoms with Gasteiger partial charge in [-0.3, -0.25) is 4.79 Å². The van der Waals surface area contributed by atoms with Gasteiger partial charge in [0.1, 0.15) is 6.04 Å². The van der Waals surface area contributed by atoms with Gasteiger partial charge in [-0.1, -0.05) is 36.4 Å². The summed E-state index contributed by atoms with van der Waals surface area (Å²) in [5.74, 6) is -2.03. The number of carboxylic acids is 1. The van der Waals surface area contributed by atoms with Gasteiger partial charge in [0.2, 0.25) is 5.91 Å². The molecule has 0 unspecified atom stereocenters. The predicted molar refractivity (Wildman–Crippen MR) is 89.6 cm³/mol. The van der Waals surface area contributed by atoms with E-state index in [0.717, 1.165) is 12.1 Å². The quantitative estimate of drug-likeness (QED) is 0.811. The molecule has 2 aromatic carbocycles. The van der Waals surface area contributed by atoms with E-state index >= 15 is 0 Å². The minimum absolute atomic E-state index is 0.115. The van der Waals surface area contributed by atoms with Crippen LogP contribution in [0.25, 0.3) is 0 Å². The Morgan fingerprint density at radius 1 is 1.15 bits per heavy atom. The van der Waals surface area contributed by atoms with E-state index in [-0.39, 0.29) is 17.5 Å². The van der Waals surface area contributed by atoms with Gasteiger partial charge in [0, 0.05) is 6.42 Å². The van der Waals surface area contributed by atoms with E-state index in [1.54, 1.807) is 18.2 Å². The lowest BCUT2D eigenvalue weighted by Gasteiger charge is -2.16. The number of rotatable bonds is 6. The molecule has 0 saturated carbocycles. The van der Waals surface area contributed by atoms with Crippen LogP contribution in [0.5, 0.6) is 0 Å². The number of hydrogen-bond acceptors (Lipinski definition) is 3. The third kappa shape index (κ3) is 5.57. The predicted octanol–water partition coefficient (Wildman–Crippen LogP) is 2.93. The van der Waals surface area contributed by atoms with Crippen molar-refractivity contribution in [3.63, 3.8) is 0 Å². The Balaban J connectivity index is 2.10. The van der Waals surface area contributed by atoms with Gasteiger partial charge in [-0.2, -0.15) is 18.4 Å². The molecule has 0 aliphatic carbocycles. The first-order valence-electron chi connectivity index (χ1n) is 7.87. The summed E-state index contributed by atoms with van der Waals surface area (Å²) in [4.78, 5) is 23.5. The van der Waals surface area contributed by atoms with Gasteiger partial charge in [-0.05, 0) is 23.3 Å². The fourth-order valence-corrected chi connectivity index (χ4v) is 2.52. The molecular weight excluding hydrogens is 361 g/mol. The number of benzene rings is 2. The number of hydrogen-bond donors (Lipinski definition) is 2. The highest BCUT2D eigenvalue weighted by Gasteiger charge is 2.30. The van der Waals surface area contributed by atoms with E-state index < -0.39 is 36.1 Å². The zero-order valence-corrected chi connectivity index (χ0v) is 14.0. The smallest absolute Gasteiger partial charge is 0.416 e. The largest absolute Gasteiger partial charge is 0.480 e. The van der Waals surface area contributed by atoms with Crippen molar-refractivity contribution in [2.75, 3.05) is 0 Å². The first-order chi connectivity index (χ1) is 12.7. The molecule has 0 aliphatic rings. The van der Waals surface area contributed by atoms with Crippen LogP contribution in [0.3, 0.4) is 0 Å². The van der Waals surface area contributed by atoms with Crippen LogP contribution in [0.4, 0.5) is 13.2 Å². The maximum Gasteiger partial charge on any atom is 0.416 e. The first-order valence-corrected chi connectivity index (χ1v) is 7.87. The highest BCUT2D eigenvalue weighted by molar-refractivity contribution is 5.85. The van der Waals surface area contributed by atoms with Crippen molar-refractivity contribution in [2.24, 2.45) is 0 Å². The van der Waals surface area contributed by atoms with Crippen LogP contribution in [-0.4, -0.2) is 23.0 Å². The summed E-state index contributed by atoms with van der Waals surface area (Å²) >= 11 is 0. The number of carbonyl (C=O) groups excluding carboxylic acids is 1. The topological polar surface area (TPSA) is 90.2 Å². The van der Waals surface area contributed by atoms with Gasteiger partial charge in [-0.15, -0.1) is 0 Å². The van der Waals surface area contributed by atoms with Crippen LogP contribution >= 0.6 is 0 Å². The van der Waals surface area contributed by atoms with Crippen molar-refractivity contribution < 1.29 is 27.9 Å². The lowest BCUT2D eigenvalue weighted by atomic mass is 10.0. The molecule has 0 bridgehead atoms. The maximum absolute atomic E-state index is 12.7. The highest BCUT2D eigenvalue weighted by Crippen LogP contribution is 2.29. The summed E-state index contributed by atoms with van der Waals surface area (Å²) in [5.41, 5.74) is -0.0305. The molecule has 0 aromatic heterocycles. The van der Waals surface area contributed by atoms with E-state index in [2.05, 4.69) is 5.32 Å². The Hall–Kier alpha value is -3.34. The summed E-state index contributed by atoms with van der Waals surface area (Å²) in [7, 11) is 0. The molecule has 2 aromatic rings. The number of nitriles is 1. The molecule has 0 aliphatic heterocycles. The molecule has 2 N–H and O–H groups in total. The lowest BCUT2D eigenvalue weighted by molar-refractivity contribution is -0.141. The second-order valence-corrected chi connectivity index (χ2v) is 5.81. The number of halogens is 3. The van der Waals surface area contributed by atoms with E-state index in [0.29, 0.717) is 5.56 Å². The van der Waals surface area contributed by atoms with Crippen molar-refractivity contribution in [2.45, 2.75) is 25.1 Å². The number of nitrogens with zero attached hydrogens (tertiary/aromatic N) is 1. The van der Waals surface area contributed by atoms with Crippen LogP contribution in [0.15, 0.2) is 48.5 Å². The van der Waals surface area contributed by atoms with Gasteiger partial charge < -0.3 is 10.4 Å². The van der Waals surface area contributed by atoms with Crippen LogP contribution in [0.1, 0.15) is 22.3 Å². The molecule has 27 heavy (non-hydrogen) atoms. The fraction of sp³-hybridized carbons (Fsp3) is 0.211. The molecule has 140 valence electrons. The Labute approximate surface area is 153 Å². The second kappa shape index (κ2) is 8.36. The number of carbonyl (C=O) groups is 2. The molecule has 0 radical (unpaired) electrons. The molecule has 5 nitrogen and oxygen atoms in total. The van der Waals surface area contributed by atoms with E-state index in [4.69, 9.17) is 5.26 Å². The van der Waals surface area contributed by atoms with Crippen molar-refractivity contribution in [1.82, 2.24) is 5.32 Å². The molecule has 0 fully saturated rings. The van der Waals surface area contributed by atoms with Crippen molar-refractivity contribution in [3.8, 4) is 6.07 Å². The summed E-state index contributed by atoms with van der Waals surface area (Å²) in [6.07, 6.45) is -5.04. The zero-order valence-electron chi connectivity index (χ0n) is 14.0. The summed E-state index contributed by atoms with van der Waals surface area (Å²) in [5, 5.41) is 20.7. The minimum Gasteiger partial charge on any atom is -0.480 e. The molecule has 1 atom stereocenters. The van der Waals surface area contributed by atoms with Crippen molar-refractivity contribution >= 4 is 11.9 Å². The molecule has 2 rings (SSSR count). The summed E-state index contributed by atoms with van der Waals surface area (Å²) < 4.78 is 38.2. The average molecular weight is 376 g/mol. The molecular formula is C19H15F3N2O3. The summed E-state index contributed by atoms with van der Waals surface area (Å²) in [6, 6.07) is 11.3. The number of alkyl halides is 3. The monoisotopic (exact) mass is 376 g/mol. The Bertz CT molecular complexity index is 888. The second-order valence-electron chi connectivity index (χ2n) is 5.81. The lowest BCUT2D eigenvalue weighted by Crippen LogP contribution is -2.43. The number of amides is 1. The van der Waals surface area contributed by atoms with Gasteiger partial charge in [0.05, 0.1) is 23.6 Å². The number of nitrogens with one attached hydrogen (secondary N) is 1. The minimum atomic E-state index is -4.53. The van der Waals surface area contributed by atoms with Crippen LogP contribution in [0.2, 0.25) is 0 Å². The van der Waals surface area contributed by atoms with Gasteiger partial charge >= 0.3 is 12.1 Å². The molecule has 8 heteroatoms. The Kier molecular flexibility index (Phi) is 6.19. The average Bonchev–Trinajstić information content (AvgIpc) is 2.61. The van der Waals surface area contributed by atoms with Gasteiger partial charge in [-0.25, -0.2) is 4.79 Å². The van der Waals surface area contributed by atoms with Crippen LogP contribution in [0, 0.1) is 11.3 Å². The number of aliphatic carboxylic acids is 1. The van der Waals surface area contributed by atoms with Crippen molar-refractivity contribution in [3.05, 3.63) is 70.8 Å². The standard InChI is InChI=1S/C19H15F3N2O3/c20-19(21,22)15-7-3-4-12(8-15)9-17(25)24-16(18(26)27)10-13-5-1-2-6-14(13)11-23/h1-8,16H,9-10H2,(H,24,25)(H,26,27)/t16-/m1/s1. The van der Waals surface area contributed by atoms with Crippen LogP contribution in [-0.2, 0) is 28.6 Å². The van der Waals surface area contributed by atoms with E-state index in [1.165, 1.54) is 18.2 Å². The third-order valence-corrected chi connectivity index (χ3v) is 3.81. The van der Waals surface area contributed by atoms with Crippen molar-refractivity contribution in [1.29, 1.82) is 5.26 Å². The Morgan fingerprint density at radius 3 is 2.48 bits per heavy atom. The SMILES string of the molecule is N#Cc1ccccc1C[C@@H](NC(=O)Cc1cccc(C(F)(F)F)c1)C(=O)O. The van der Waals surface area contributed by atoms with E-state index in [1.807, 2.05) is 6.07 Å². The molecule has 0 spiro atoms. The van der Waals surface area contributed by atoms with E-state index in [9.17, 15) is 27.9 Å².